The zero-order valence-electron chi connectivity index (χ0n) is 10.8. The lowest BCUT2D eigenvalue weighted by Gasteiger charge is -2.24. The number of aryl methyl sites for hydroxylation is 1. The van der Waals surface area contributed by atoms with Crippen molar-refractivity contribution in [2.75, 3.05) is 18.0 Å². The van der Waals surface area contributed by atoms with Crippen LogP contribution in [0.4, 0.5) is 5.82 Å². The van der Waals surface area contributed by atoms with Crippen molar-refractivity contribution in [3.63, 3.8) is 0 Å². The summed E-state index contributed by atoms with van der Waals surface area (Å²) < 4.78 is 0. The molecule has 2 aliphatic heterocycles. The summed E-state index contributed by atoms with van der Waals surface area (Å²) in [5, 5.41) is 8.35. The van der Waals surface area contributed by atoms with Crippen LogP contribution >= 0.6 is 0 Å². The molecule has 0 spiro atoms. The molecule has 5 heteroatoms. The van der Waals surface area contributed by atoms with Gasteiger partial charge in [0.05, 0.1) is 17.8 Å². The molecule has 0 aromatic carbocycles. The van der Waals surface area contributed by atoms with E-state index in [1.165, 1.54) is 0 Å². The maximum atomic E-state index is 11.9. The third-order valence-electron chi connectivity index (χ3n) is 4.03. The number of rotatable bonds is 2. The lowest BCUT2D eigenvalue weighted by atomic mass is 10.1. The summed E-state index contributed by atoms with van der Waals surface area (Å²) in [6.07, 6.45) is 1.66. The van der Waals surface area contributed by atoms with E-state index in [-0.39, 0.29) is 11.9 Å². The number of hydrogen-bond donors (Lipinski definition) is 0. The fraction of sp³-hybridized carbons (Fsp3) is 0.615. The molecule has 2 fully saturated rings. The molecule has 0 unspecified atom stereocenters. The van der Waals surface area contributed by atoms with Gasteiger partial charge in [-0.3, -0.25) is 4.79 Å². The van der Waals surface area contributed by atoms with E-state index in [9.17, 15) is 4.79 Å². The summed E-state index contributed by atoms with van der Waals surface area (Å²) in [5.74, 6) is 1.18. The van der Waals surface area contributed by atoms with Crippen molar-refractivity contribution in [2.24, 2.45) is 0 Å². The predicted molar refractivity (Wildman–Crippen MR) is 68.3 cm³/mol. The number of likely N-dealkylation sites (tertiary alicyclic amines) is 1. The number of fused-ring (bicyclic) bond motifs is 1. The highest BCUT2D eigenvalue weighted by Crippen LogP contribution is 2.34. The molecule has 0 N–H and O–H groups in total. The zero-order chi connectivity index (χ0) is 12.7. The van der Waals surface area contributed by atoms with Crippen LogP contribution in [-0.2, 0) is 4.79 Å². The van der Waals surface area contributed by atoms with Crippen LogP contribution in [0, 0.1) is 6.92 Å². The second-order valence-corrected chi connectivity index (χ2v) is 5.03. The van der Waals surface area contributed by atoms with Crippen molar-refractivity contribution in [2.45, 2.75) is 38.8 Å². The first-order chi connectivity index (χ1) is 8.70. The molecule has 1 aromatic rings. The average Bonchev–Trinajstić information content (AvgIpc) is 2.88. The van der Waals surface area contributed by atoms with Crippen molar-refractivity contribution in [3.05, 3.63) is 17.8 Å². The molecule has 1 amide bonds. The van der Waals surface area contributed by atoms with Gasteiger partial charge < -0.3 is 9.80 Å². The fourth-order valence-electron chi connectivity index (χ4n) is 3.17. The largest absolute Gasteiger partial charge is 0.349 e. The number of nitrogens with zero attached hydrogens (tertiary/aromatic N) is 4. The first-order valence-electron chi connectivity index (χ1n) is 6.57. The topological polar surface area (TPSA) is 49.3 Å². The maximum Gasteiger partial charge on any atom is 0.225 e. The zero-order valence-corrected chi connectivity index (χ0v) is 10.8. The molecule has 96 valence electrons. The number of anilines is 1. The summed E-state index contributed by atoms with van der Waals surface area (Å²) in [6.45, 7) is 5.76. The van der Waals surface area contributed by atoms with Crippen molar-refractivity contribution >= 4 is 11.7 Å². The number of aromatic nitrogens is 2. The molecule has 1 aromatic heterocycles. The molecular formula is C13H18N4O. The Labute approximate surface area is 107 Å². The summed E-state index contributed by atoms with van der Waals surface area (Å²) >= 11 is 0. The summed E-state index contributed by atoms with van der Waals surface area (Å²) in [7, 11) is 0. The van der Waals surface area contributed by atoms with E-state index in [1.54, 1.807) is 0 Å². The summed E-state index contributed by atoms with van der Waals surface area (Å²) in [4.78, 5) is 16.2. The van der Waals surface area contributed by atoms with Gasteiger partial charge >= 0.3 is 0 Å². The third kappa shape index (κ3) is 1.65. The Hall–Kier alpha value is -1.65. The lowest BCUT2D eigenvalue weighted by Crippen LogP contribution is -2.37. The van der Waals surface area contributed by atoms with Crippen molar-refractivity contribution in [1.29, 1.82) is 0 Å². The molecular weight excluding hydrogens is 228 g/mol. The first kappa shape index (κ1) is 11.4. The molecule has 18 heavy (non-hydrogen) atoms. The van der Waals surface area contributed by atoms with Crippen LogP contribution in [0.25, 0.3) is 0 Å². The molecule has 2 aliphatic rings. The van der Waals surface area contributed by atoms with Gasteiger partial charge in [0, 0.05) is 19.5 Å². The van der Waals surface area contributed by atoms with Gasteiger partial charge in [-0.05, 0) is 32.4 Å². The molecule has 0 aliphatic carbocycles. The van der Waals surface area contributed by atoms with Gasteiger partial charge in [0.2, 0.25) is 5.91 Å². The quantitative estimate of drug-likeness (QED) is 0.780. The molecule has 2 atom stereocenters. The molecule has 3 heterocycles. The normalized spacial score (nSPS) is 26.9. The number of amides is 1. The molecule has 0 radical (unpaired) electrons. The average molecular weight is 246 g/mol. The third-order valence-corrected chi connectivity index (χ3v) is 4.03. The number of hydrogen-bond acceptors (Lipinski definition) is 4. The van der Waals surface area contributed by atoms with Gasteiger partial charge in [0.1, 0.15) is 0 Å². The van der Waals surface area contributed by atoms with E-state index >= 15 is 0 Å². The van der Waals surface area contributed by atoms with E-state index < -0.39 is 0 Å². The van der Waals surface area contributed by atoms with Crippen molar-refractivity contribution < 1.29 is 4.79 Å². The van der Waals surface area contributed by atoms with E-state index in [1.807, 2.05) is 24.0 Å². The van der Waals surface area contributed by atoms with Crippen LogP contribution in [0.2, 0.25) is 0 Å². The highest BCUT2D eigenvalue weighted by Gasteiger charge is 2.46. The highest BCUT2D eigenvalue weighted by molar-refractivity contribution is 5.81. The lowest BCUT2D eigenvalue weighted by molar-refractivity contribution is -0.128. The smallest absolute Gasteiger partial charge is 0.225 e. The minimum atomic E-state index is 0.275. The van der Waals surface area contributed by atoms with Gasteiger partial charge in [-0.2, -0.15) is 5.10 Å². The van der Waals surface area contributed by atoms with Crippen LogP contribution in [-0.4, -0.2) is 46.2 Å². The second kappa shape index (κ2) is 4.23. The monoisotopic (exact) mass is 246 g/mol. The van der Waals surface area contributed by atoms with E-state index in [2.05, 4.69) is 22.0 Å². The summed E-state index contributed by atoms with van der Waals surface area (Å²) in [6, 6.07) is 4.63. The Balaban J connectivity index is 1.84. The second-order valence-electron chi connectivity index (χ2n) is 5.03. The SMILES string of the molecule is CCN1C(=O)C[C@H]2[C@H]1CCN2c1ccc(C)nn1. The van der Waals surface area contributed by atoms with Crippen molar-refractivity contribution in [3.8, 4) is 0 Å². The van der Waals surface area contributed by atoms with Crippen LogP contribution in [0.1, 0.15) is 25.5 Å². The van der Waals surface area contributed by atoms with Gasteiger partial charge in [0.15, 0.2) is 5.82 Å². The van der Waals surface area contributed by atoms with E-state index in [0.29, 0.717) is 12.5 Å². The number of carbonyl (C=O) groups excluding carboxylic acids is 1. The van der Waals surface area contributed by atoms with E-state index in [4.69, 9.17) is 0 Å². The van der Waals surface area contributed by atoms with Crippen LogP contribution in [0.3, 0.4) is 0 Å². The Bertz CT molecular complexity index is 459. The van der Waals surface area contributed by atoms with Gasteiger partial charge in [-0.1, -0.05) is 0 Å². The molecule has 0 bridgehead atoms. The number of likely N-dealkylation sites (N-methyl/N-ethyl adjacent to an activating group) is 1. The van der Waals surface area contributed by atoms with Crippen LogP contribution in [0.5, 0.6) is 0 Å². The Morgan fingerprint density at radius 2 is 2.17 bits per heavy atom. The van der Waals surface area contributed by atoms with Crippen molar-refractivity contribution in [1.82, 2.24) is 15.1 Å². The minimum Gasteiger partial charge on any atom is -0.349 e. The fourth-order valence-corrected chi connectivity index (χ4v) is 3.17. The van der Waals surface area contributed by atoms with Crippen LogP contribution < -0.4 is 4.90 Å². The standard InChI is InChI=1S/C13H18N4O/c1-3-16-10-6-7-17(11(10)8-13(16)18)12-5-4-9(2)14-15-12/h4-5,10-11H,3,6-8H2,1-2H3/t10-,11+/m1/s1. The van der Waals surface area contributed by atoms with E-state index in [0.717, 1.165) is 31.0 Å². The van der Waals surface area contributed by atoms with Crippen LogP contribution in [0.15, 0.2) is 12.1 Å². The Kier molecular flexibility index (Phi) is 2.69. The minimum absolute atomic E-state index is 0.275. The van der Waals surface area contributed by atoms with Gasteiger partial charge in [-0.25, -0.2) is 0 Å². The predicted octanol–water partition coefficient (Wildman–Crippen LogP) is 0.985. The molecule has 0 saturated carbocycles. The van der Waals surface area contributed by atoms with Gasteiger partial charge in [-0.15, -0.1) is 5.10 Å². The number of carbonyl (C=O) groups is 1. The summed E-state index contributed by atoms with van der Waals surface area (Å²) in [5.41, 5.74) is 0.923. The Morgan fingerprint density at radius 1 is 1.33 bits per heavy atom. The first-order valence-corrected chi connectivity index (χ1v) is 6.57. The molecule has 2 saturated heterocycles. The molecule has 3 rings (SSSR count). The highest BCUT2D eigenvalue weighted by atomic mass is 16.2. The Morgan fingerprint density at radius 3 is 2.83 bits per heavy atom. The molecule has 5 nitrogen and oxygen atoms in total. The van der Waals surface area contributed by atoms with Gasteiger partial charge in [0.25, 0.3) is 0 Å². The maximum absolute atomic E-state index is 11.9.